The number of esters is 1. The number of hydrogen-bond donors (Lipinski definition) is 0. The van der Waals surface area contributed by atoms with Gasteiger partial charge in [-0.25, -0.2) is 0 Å². The van der Waals surface area contributed by atoms with Gasteiger partial charge in [-0.3, -0.25) is 4.79 Å². The third kappa shape index (κ3) is 9.10. The molecule has 0 radical (unpaired) electrons. The molecule has 2 saturated carbocycles. The molecule has 0 spiro atoms. The molecule has 0 unspecified atom stereocenters. The van der Waals surface area contributed by atoms with Crippen molar-refractivity contribution in [1.29, 1.82) is 0 Å². The first-order valence-electron chi connectivity index (χ1n) is 14.5. The lowest BCUT2D eigenvalue weighted by Crippen LogP contribution is -2.23. The fourth-order valence-corrected chi connectivity index (χ4v) is 6.14. The highest BCUT2D eigenvalue weighted by atomic mass is 16.5. The van der Waals surface area contributed by atoms with Gasteiger partial charge in [-0.15, -0.1) is 0 Å². The van der Waals surface area contributed by atoms with Crippen molar-refractivity contribution in [2.24, 2.45) is 5.92 Å². The van der Waals surface area contributed by atoms with Gasteiger partial charge in [-0.2, -0.15) is 0 Å². The summed E-state index contributed by atoms with van der Waals surface area (Å²) in [6.07, 6.45) is 22.5. The SMILES string of the molecule is CCCCCCCC1CCC(c2ccc(C3CCC(OC(=O)CCCCC)CC3)cc2)CC1. The maximum absolute atomic E-state index is 12.0. The van der Waals surface area contributed by atoms with E-state index in [-0.39, 0.29) is 12.1 Å². The Kier molecular flexibility index (Phi) is 11.8. The van der Waals surface area contributed by atoms with Gasteiger partial charge >= 0.3 is 5.97 Å². The molecule has 1 aromatic rings. The fraction of sp³-hybridized carbons (Fsp3) is 0.774. The number of rotatable bonds is 13. The minimum Gasteiger partial charge on any atom is -0.462 e. The zero-order chi connectivity index (χ0) is 23.3. The normalized spacial score (nSPS) is 25.6. The topological polar surface area (TPSA) is 26.3 Å². The van der Waals surface area contributed by atoms with E-state index in [2.05, 4.69) is 38.1 Å². The Labute approximate surface area is 204 Å². The summed E-state index contributed by atoms with van der Waals surface area (Å²) in [5, 5.41) is 0. The standard InChI is InChI=1S/C31H50O2/c1-3-5-7-8-10-11-25-13-15-26(16-14-25)27-17-19-28(20-18-27)29-21-23-30(24-22-29)33-31(32)12-9-6-4-2/h17-20,25-26,29-30H,3-16,21-24H2,1-2H3. The van der Waals surface area contributed by atoms with E-state index >= 15 is 0 Å². The molecule has 2 aliphatic carbocycles. The second-order valence-electron chi connectivity index (χ2n) is 11.0. The van der Waals surface area contributed by atoms with Gasteiger partial charge in [-0.1, -0.05) is 89.5 Å². The smallest absolute Gasteiger partial charge is 0.306 e. The summed E-state index contributed by atoms with van der Waals surface area (Å²) >= 11 is 0. The summed E-state index contributed by atoms with van der Waals surface area (Å²) in [5.41, 5.74) is 3.06. The summed E-state index contributed by atoms with van der Waals surface area (Å²) in [7, 11) is 0. The van der Waals surface area contributed by atoms with Crippen LogP contribution in [0.5, 0.6) is 0 Å². The third-order valence-corrected chi connectivity index (χ3v) is 8.40. The molecule has 0 amide bonds. The lowest BCUT2D eigenvalue weighted by molar-refractivity contribution is -0.150. The molecule has 2 fully saturated rings. The van der Waals surface area contributed by atoms with Crippen molar-refractivity contribution in [2.45, 2.75) is 147 Å². The molecule has 33 heavy (non-hydrogen) atoms. The molecule has 0 aromatic heterocycles. The number of hydrogen-bond acceptors (Lipinski definition) is 2. The maximum Gasteiger partial charge on any atom is 0.306 e. The average molecular weight is 455 g/mol. The lowest BCUT2D eigenvalue weighted by Gasteiger charge is -2.30. The van der Waals surface area contributed by atoms with Crippen LogP contribution in [-0.2, 0) is 9.53 Å². The van der Waals surface area contributed by atoms with Gasteiger partial charge in [0.25, 0.3) is 0 Å². The Morgan fingerprint density at radius 2 is 1.21 bits per heavy atom. The van der Waals surface area contributed by atoms with E-state index in [1.807, 2.05) is 0 Å². The average Bonchev–Trinajstić information content (AvgIpc) is 2.85. The summed E-state index contributed by atoms with van der Waals surface area (Å²) in [5.74, 6) is 2.41. The van der Waals surface area contributed by atoms with Crippen molar-refractivity contribution in [1.82, 2.24) is 0 Å². The Hall–Kier alpha value is -1.31. The van der Waals surface area contributed by atoms with Gasteiger partial charge in [-0.05, 0) is 86.7 Å². The highest BCUT2D eigenvalue weighted by Gasteiger charge is 2.26. The van der Waals surface area contributed by atoms with E-state index in [1.165, 1.54) is 69.8 Å². The monoisotopic (exact) mass is 454 g/mol. The van der Waals surface area contributed by atoms with Crippen molar-refractivity contribution in [3.63, 3.8) is 0 Å². The maximum atomic E-state index is 12.0. The van der Waals surface area contributed by atoms with Crippen LogP contribution in [0, 0.1) is 5.92 Å². The molecule has 0 atom stereocenters. The van der Waals surface area contributed by atoms with Crippen LogP contribution in [0.1, 0.15) is 152 Å². The van der Waals surface area contributed by atoms with Crippen LogP contribution >= 0.6 is 0 Å². The molecule has 0 heterocycles. The molecule has 3 rings (SSSR count). The Morgan fingerprint density at radius 1 is 0.697 bits per heavy atom. The minimum atomic E-state index is 0.0162. The number of unbranched alkanes of at least 4 members (excludes halogenated alkanes) is 6. The van der Waals surface area contributed by atoms with Gasteiger partial charge in [0.1, 0.15) is 6.10 Å². The zero-order valence-electron chi connectivity index (χ0n) is 21.7. The number of carbonyl (C=O) groups excluding carboxylic acids is 1. The molecular weight excluding hydrogens is 404 g/mol. The van der Waals surface area contributed by atoms with Crippen LogP contribution in [0.4, 0.5) is 0 Å². The number of benzene rings is 1. The van der Waals surface area contributed by atoms with E-state index in [0.717, 1.165) is 56.8 Å². The lowest BCUT2D eigenvalue weighted by atomic mass is 9.76. The van der Waals surface area contributed by atoms with E-state index in [0.29, 0.717) is 12.3 Å². The van der Waals surface area contributed by atoms with Crippen LogP contribution in [-0.4, -0.2) is 12.1 Å². The summed E-state index contributed by atoms with van der Waals surface area (Å²) in [6, 6.07) is 9.64. The van der Waals surface area contributed by atoms with Gasteiger partial charge in [0.05, 0.1) is 0 Å². The van der Waals surface area contributed by atoms with Crippen molar-refractivity contribution in [3.05, 3.63) is 35.4 Å². The highest BCUT2D eigenvalue weighted by Crippen LogP contribution is 2.39. The molecule has 2 nitrogen and oxygen atoms in total. The second-order valence-corrected chi connectivity index (χ2v) is 11.0. The molecule has 1 aromatic carbocycles. The predicted octanol–water partition coefficient (Wildman–Crippen LogP) is 9.47. The van der Waals surface area contributed by atoms with Crippen molar-refractivity contribution >= 4 is 5.97 Å². The molecule has 0 aliphatic heterocycles. The number of carbonyl (C=O) groups is 1. The zero-order valence-corrected chi connectivity index (χ0v) is 21.7. The van der Waals surface area contributed by atoms with Crippen molar-refractivity contribution < 1.29 is 9.53 Å². The third-order valence-electron chi connectivity index (χ3n) is 8.40. The Bertz CT molecular complexity index is 648. The molecule has 2 heteroatoms. The first kappa shape index (κ1) is 26.3. The summed E-state index contributed by atoms with van der Waals surface area (Å²) in [4.78, 5) is 12.0. The van der Waals surface area contributed by atoms with E-state index < -0.39 is 0 Å². The summed E-state index contributed by atoms with van der Waals surface area (Å²) < 4.78 is 5.73. The van der Waals surface area contributed by atoms with Crippen molar-refractivity contribution in [2.75, 3.05) is 0 Å². The van der Waals surface area contributed by atoms with Crippen LogP contribution in [0.3, 0.4) is 0 Å². The molecule has 0 bridgehead atoms. The van der Waals surface area contributed by atoms with Gasteiger partial charge < -0.3 is 4.74 Å². The van der Waals surface area contributed by atoms with Crippen LogP contribution < -0.4 is 0 Å². The fourth-order valence-electron chi connectivity index (χ4n) is 6.14. The Balaban J connectivity index is 1.35. The molecule has 186 valence electrons. The van der Waals surface area contributed by atoms with Gasteiger partial charge in [0.2, 0.25) is 0 Å². The minimum absolute atomic E-state index is 0.0162. The summed E-state index contributed by atoms with van der Waals surface area (Å²) in [6.45, 7) is 4.47. The first-order valence-corrected chi connectivity index (χ1v) is 14.5. The highest BCUT2D eigenvalue weighted by molar-refractivity contribution is 5.69. The van der Waals surface area contributed by atoms with E-state index in [1.54, 1.807) is 5.56 Å². The predicted molar refractivity (Wildman–Crippen MR) is 140 cm³/mol. The van der Waals surface area contributed by atoms with Crippen molar-refractivity contribution in [3.8, 4) is 0 Å². The Morgan fingerprint density at radius 3 is 1.79 bits per heavy atom. The van der Waals surface area contributed by atoms with Gasteiger partial charge in [0.15, 0.2) is 0 Å². The quantitative estimate of drug-likeness (QED) is 0.219. The number of ether oxygens (including phenoxy) is 1. The van der Waals surface area contributed by atoms with Crippen LogP contribution in [0.25, 0.3) is 0 Å². The molecular formula is C31H50O2. The second kappa shape index (κ2) is 14.8. The largest absolute Gasteiger partial charge is 0.462 e. The van der Waals surface area contributed by atoms with Crippen LogP contribution in [0.2, 0.25) is 0 Å². The first-order chi connectivity index (χ1) is 16.2. The van der Waals surface area contributed by atoms with E-state index in [4.69, 9.17) is 4.74 Å². The molecule has 0 N–H and O–H groups in total. The van der Waals surface area contributed by atoms with Crippen LogP contribution in [0.15, 0.2) is 24.3 Å². The van der Waals surface area contributed by atoms with E-state index in [9.17, 15) is 4.79 Å². The van der Waals surface area contributed by atoms with Gasteiger partial charge in [0, 0.05) is 6.42 Å². The molecule has 0 saturated heterocycles. The molecule has 2 aliphatic rings.